The van der Waals surface area contributed by atoms with Crippen LogP contribution in [0.15, 0.2) is 35.1 Å². The number of carbonyl (C=O) groups excluding carboxylic acids is 1. The molecule has 1 aliphatic heterocycles. The number of piperidine rings is 1. The molecule has 1 aliphatic rings. The number of rotatable bonds is 6. The number of ether oxygens (including phenoxy) is 1. The van der Waals surface area contributed by atoms with Crippen molar-refractivity contribution in [2.24, 2.45) is 7.05 Å². The lowest BCUT2D eigenvalue weighted by Gasteiger charge is -2.34. The fraction of sp³-hybridized carbons (Fsp3) is 0.481. The fourth-order valence-electron chi connectivity index (χ4n) is 4.83. The highest BCUT2D eigenvalue weighted by molar-refractivity contribution is 7.91. The molecule has 1 amide bonds. The molecule has 4 aromatic rings. The molecule has 0 bridgehead atoms. The number of nitrogens with one attached hydrogen (secondary N) is 1. The maximum absolute atomic E-state index is 12.9. The molecule has 1 saturated heterocycles. The molecule has 1 fully saturated rings. The Morgan fingerprint density at radius 1 is 1.22 bits per heavy atom. The summed E-state index contributed by atoms with van der Waals surface area (Å²) in [7, 11) is 1.31. The first kappa shape index (κ1) is 29.0. The standard InChI is InChI=1S/C27H36N8O4S2/c1-17-11-22(40-25(17)41(37,38)32(5)6)31-23-24-28-13-21(19-12-29-33(7)14-19)35(24)16-20(30-23)18-9-8-10-34(15-18)26(36)39-27(2,3)4/h11-14,16,18H,8-10,15H2,1-7H3,(H,30,31). The molecule has 0 saturated carbocycles. The van der Waals surface area contributed by atoms with Gasteiger partial charge in [-0.1, -0.05) is 0 Å². The summed E-state index contributed by atoms with van der Waals surface area (Å²) in [5.74, 6) is 0.474. The zero-order valence-electron chi connectivity index (χ0n) is 24.4. The number of hydrogen-bond acceptors (Lipinski definition) is 9. The number of aryl methyl sites for hydroxylation is 2. The number of fused-ring (bicyclic) bond motifs is 1. The Morgan fingerprint density at radius 2 is 1.98 bits per heavy atom. The number of carbonyl (C=O) groups is 1. The molecule has 0 spiro atoms. The van der Waals surface area contributed by atoms with Crippen LogP contribution in [-0.2, 0) is 21.8 Å². The first-order valence-electron chi connectivity index (χ1n) is 13.4. The normalized spacial score (nSPS) is 16.5. The largest absolute Gasteiger partial charge is 0.444 e. The van der Waals surface area contributed by atoms with Crippen LogP contribution in [0.4, 0.5) is 15.6 Å². The minimum absolute atomic E-state index is 0.0277. The van der Waals surface area contributed by atoms with Gasteiger partial charge in [0.2, 0.25) is 0 Å². The molecule has 1 unspecified atom stereocenters. The lowest BCUT2D eigenvalue weighted by Crippen LogP contribution is -2.42. The third-order valence-corrected chi connectivity index (χ3v) is 10.4. The maximum atomic E-state index is 12.9. The van der Waals surface area contributed by atoms with E-state index < -0.39 is 15.6 Å². The van der Waals surface area contributed by atoms with Gasteiger partial charge in [-0.15, -0.1) is 11.3 Å². The predicted molar refractivity (Wildman–Crippen MR) is 158 cm³/mol. The average molecular weight is 601 g/mol. The van der Waals surface area contributed by atoms with Crippen LogP contribution < -0.4 is 5.32 Å². The lowest BCUT2D eigenvalue weighted by atomic mass is 9.95. The van der Waals surface area contributed by atoms with Gasteiger partial charge in [0.1, 0.15) is 9.81 Å². The topological polar surface area (TPSA) is 127 Å². The summed E-state index contributed by atoms with van der Waals surface area (Å²) in [6.07, 6.45) is 8.80. The van der Waals surface area contributed by atoms with Crippen LogP contribution in [-0.4, -0.2) is 80.7 Å². The highest BCUT2D eigenvalue weighted by atomic mass is 32.2. The molecule has 5 heterocycles. The van der Waals surface area contributed by atoms with Crippen LogP contribution >= 0.6 is 11.3 Å². The maximum Gasteiger partial charge on any atom is 0.410 e. The Labute approximate surface area is 244 Å². The Hall–Kier alpha value is -3.49. The molecule has 4 aromatic heterocycles. The van der Waals surface area contributed by atoms with Gasteiger partial charge in [0, 0.05) is 58.1 Å². The van der Waals surface area contributed by atoms with Gasteiger partial charge >= 0.3 is 6.09 Å². The molecule has 14 heteroatoms. The fourth-order valence-corrected chi connectivity index (χ4v) is 7.57. The summed E-state index contributed by atoms with van der Waals surface area (Å²) in [5.41, 5.74) is 3.21. The zero-order valence-corrected chi connectivity index (χ0v) is 26.0. The number of nitrogens with zero attached hydrogens (tertiary/aromatic N) is 7. The first-order chi connectivity index (χ1) is 19.2. The molecule has 12 nitrogen and oxygen atoms in total. The van der Waals surface area contributed by atoms with Gasteiger partial charge in [-0.05, 0) is 52.2 Å². The van der Waals surface area contributed by atoms with Crippen molar-refractivity contribution >= 4 is 43.9 Å². The van der Waals surface area contributed by atoms with E-state index in [2.05, 4.69) is 15.4 Å². The molecule has 1 N–H and O–H groups in total. The Morgan fingerprint density at radius 3 is 2.63 bits per heavy atom. The second kappa shape index (κ2) is 10.7. The van der Waals surface area contributed by atoms with Gasteiger partial charge in [-0.3, -0.25) is 9.08 Å². The number of imidazole rings is 1. The van der Waals surface area contributed by atoms with E-state index in [1.807, 2.05) is 50.7 Å². The third-order valence-electron chi connectivity index (χ3n) is 6.83. The molecule has 220 valence electrons. The monoisotopic (exact) mass is 600 g/mol. The number of likely N-dealkylation sites (tertiary alicyclic amines) is 1. The van der Waals surface area contributed by atoms with Crippen LogP contribution in [0.2, 0.25) is 0 Å². The minimum Gasteiger partial charge on any atom is -0.444 e. The summed E-state index contributed by atoms with van der Waals surface area (Å²) in [4.78, 5) is 24.3. The number of amides is 1. The molecule has 0 aromatic carbocycles. The van der Waals surface area contributed by atoms with Crippen LogP contribution in [0.25, 0.3) is 16.9 Å². The van der Waals surface area contributed by atoms with E-state index in [-0.39, 0.29) is 16.2 Å². The lowest BCUT2D eigenvalue weighted by molar-refractivity contribution is 0.0197. The Bertz CT molecular complexity index is 1700. The smallest absolute Gasteiger partial charge is 0.410 e. The number of thiophene rings is 1. The van der Waals surface area contributed by atoms with E-state index in [9.17, 15) is 13.2 Å². The third kappa shape index (κ3) is 5.95. The average Bonchev–Trinajstić information content (AvgIpc) is 3.61. The van der Waals surface area contributed by atoms with Gasteiger partial charge in [0.25, 0.3) is 10.0 Å². The molecular weight excluding hydrogens is 564 g/mol. The number of sulfonamides is 1. The number of anilines is 2. The first-order valence-corrected chi connectivity index (χ1v) is 15.6. The molecule has 41 heavy (non-hydrogen) atoms. The zero-order chi connectivity index (χ0) is 29.7. The molecule has 1 atom stereocenters. The summed E-state index contributed by atoms with van der Waals surface area (Å²) in [6.45, 7) is 8.47. The van der Waals surface area contributed by atoms with E-state index in [0.717, 1.165) is 41.1 Å². The van der Waals surface area contributed by atoms with E-state index >= 15 is 0 Å². The van der Waals surface area contributed by atoms with E-state index in [1.54, 1.807) is 28.9 Å². The number of aromatic nitrogens is 5. The summed E-state index contributed by atoms with van der Waals surface area (Å²) in [5, 5.41) is 8.30. The van der Waals surface area contributed by atoms with Gasteiger partial charge in [0.05, 0.1) is 28.8 Å². The van der Waals surface area contributed by atoms with Gasteiger partial charge < -0.3 is 15.0 Å². The van der Waals surface area contributed by atoms with Gasteiger partial charge in [0.15, 0.2) is 11.5 Å². The Balaban J connectivity index is 1.56. The Kier molecular flexibility index (Phi) is 7.59. The van der Waals surface area contributed by atoms with Crippen molar-refractivity contribution in [2.75, 3.05) is 32.5 Å². The van der Waals surface area contributed by atoms with Crippen LogP contribution in [0.3, 0.4) is 0 Å². The van der Waals surface area contributed by atoms with Crippen molar-refractivity contribution in [1.29, 1.82) is 0 Å². The van der Waals surface area contributed by atoms with Gasteiger partial charge in [-0.2, -0.15) is 5.10 Å². The molecular formula is C27H36N8O4S2. The van der Waals surface area contributed by atoms with Crippen molar-refractivity contribution in [2.45, 2.75) is 56.3 Å². The summed E-state index contributed by atoms with van der Waals surface area (Å²) in [6, 6.07) is 1.81. The van der Waals surface area contributed by atoms with Gasteiger partial charge in [-0.25, -0.2) is 27.5 Å². The van der Waals surface area contributed by atoms with E-state index in [0.29, 0.717) is 35.1 Å². The predicted octanol–water partition coefficient (Wildman–Crippen LogP) is 4.61. The SMILES string of the molecule is Cc1cc(Nc2nc(C3CCCN(C(=O)OC(C)(C)C)C3)cn3c(-c4cnn(C)c4)cnc23)sc1S(=O)(=O)N(C)C. The minimum atomic E-state index is -3.59. The second-order valence-corrected chi connectivity index (χ2v) is 14.9. The quantitative estimate of drug-likeness (QED) is 0.340. The molecule has 0 radical (unpaired) electrons. The van der Waals surface area contributed by atoms with Crippen molar-refractivity contribution < 1.29 is 17.9 Å². The number of hydrogen-bond donors (Lipinski definition) is 1. The van der Waals surface area contributed by atoms with Crippen LogP contribution in [0.5, 0.6) is 0 Å². The molecule has 0 aliphatic carbocycles. The van der Waals surface area contributed by atoms with Crippen molar-refractivity contribution in [3.63, 3.8) is 0 Å². The highest BCUT2D eigenvalue weighted by Gasteiger charge is 2.30. The van der Waals surface area contributed by atoms with E-state index in [4.69, 9.17) is 9.72 Å². The van der Waals surface area contributed by atoms with Crippen molar-refractivity contribution in [1.82, 2.24) is 33.4 Å². The second-order valence-electron chi connectivity index (χ2n) is 11.5. The highest BCUT2D eigenvalue weighted by Crippen LogP contribution is 2.36. The van der Waals surface area contributed by atoms with Crippen LogP contribution in [0.1, 0.15) is 50.8 Å². The van der Waals surface area contributed by atoms with Crippen molar-refractivity contribution in [3.8, 4) is 11.3 Å². The van der Waals surface area contributed by atoms with E-state index in [1.165, 1.54) is 18.4 Å². The summed E-state index contributed by atoms with van der Waals surface area (Å²) >= 11 is 1.16. The summed E-state index contributed by atoms with van der Waals surface area (Å²) < 4.78 is 36.5. The van der Waals surface area contributed by atoms with Crippen molar-refractivity contribution in [3.05, 3.63) is 42.1 Å². The van der Waals surface area contributed by atoms with Crippen LogP contribution in [0, 0.1) is 6.92 Å². The molecule has 5 rings (SSSR count).